The fourth-order valence-electron chi connectivity index (χ4n) is 3.33. The molecule has 1 fully saturated rings. The number of hydrazone groups is 1. The van der Waals surface area contributed by atoms with Gasteiger partial charge in [-0.3, -0.25) is 14.6 Å². The van der Waals surface area contributed by atoms with Crippen molar-refractivity contribution < 1.29 is 14.3 Å². The molecule has 2 aliphatic heterocycles. The first kappa shape index (κ1) is 17.5. The van der Waals surface area contributed by atoms with E-state index in [4.69, 9.17) is 4.74 Å². The van der Waals surface area contributed by atoms with Crippen LogP contribution in [-0.4, -0.2) is 48.7 Å². The number of esters is 1. The molecule has 1 unspecified atom stereocenters. The van der Waals surface area contributed by atoms with E-state index in [2.05, 4.69) is 5.10 Å². The summed E-state index contributed by atoms with van der Waals surface area (Å²) >= 11 is 0. The Morgan fingerprint density at radius 1 is 1.24 bits per heavy atom. The average molecular weight is 343 g/mol. The fourth-order valence-corrected chi connectivity index (χ4v) is 3.33. The number of piperidine rings is 1. The van der Waals surface area contributed by atoms with Crippen molar-refractivity contribution in [1.29, 1.82) is 0 Å². The lowest BCUT2D eigenvalue weighted by Gasteiger charge is -2.31. The first-order valence-electron chi connectivity index (χ1n) is 8.96. The quantitative estimate of drug-likeness (QED) is 0.789. The van der Waals surface area contributed by atoms with E-state index < -0.39 is 0 Å². The molecule has 1 atom stereocenters. The van der Waals surface area contributed by atoms with E-state index in [-0.39, 0.29) is 17.8 Å². The van der Waals surface area contributed by atoms with Gasteiger partial charge in [0, 0.05) is 37.3 Å². The molecule has 2 aliphatic rings. The molecule has 0 aromatic heterocycles. The van der Waals surface area contributed by atoms with Gasteiger partial charge in [-0.2, -0.15) is 5.10 Å². The fraction of sp³-hybridized carbons (Fsp3) is 0.526. The number of hydrogen-bond acceptors (Lipinski definition) is 5. The second-order valence-corrected chi connectivity index (χ2v) is 6.60. The van der Waals surface area contributed by atoms with Crippen molar-refractivity contribution in [2.45, 2.75) is 33.1 Å². The molecule has 25 heavy (non-hydrogen) atoms. The van der Waals surface area contributed by atoms with Gasteiger partial charge in [-0.05, 0) is 51.0 Å². The highest BCUT2D eigenvalue weighted by Crippen LogP contribution is 2.23. The van der Waals surface area contributed by atoms with Crippen LogP contribution in [0.1, 0.15) is 43.5 Å². The molecule has 1 amide bonds. The number of ether oxygens (including phenoxy) is 1. The zero-order valence-electron chi connectivity index (χ0n) is 14.9. The van der Waals surface area contributed by atoms with Crippen molar-refractivity contribution in [2.24, 2.45) is 11.0 Å². The maximum Gasteiger partial charge on any atom is 0.310 e. The minimum Gasteiger partial charge on any atom is -0.466 e. The molecule has 134 valence electrons. The molecule has 0 bridgehead atoms. The maximum absolute atomic E-state index is 12.7. The predicted molar refractivity (Wildman–Crippen MR) is 96.8 cm³/mol. The summed E-state index contributed by atoms with van der Waals surface area (Å²) in [6.07, 6.45) is 2.59. The van der Waals surface area contributed by atoms with Gasteiger partial charge in [0.25, 0.3) is 5.91 Å². The number of benzene rings is 1. The van der Waals surface area contributed by atoms with Gasteiger partial charge < -0.3 is 9.64 Å². The Balaban J connectivity index is 1.65. The molecule has 0 spiro atoms. The Labute approximate surface area is 148 Å². The van der Waals surface area contributed by atoms with E-state index in [1.165, 1.54) is 0 Å². The monoisotopic (exact) mass is 343 g/mol. The molecule has 6 heteroatoms. The lowest BCUT2D eigenvalue weighted by molar-refractivity contribution is -0.149. The van der Waals surface area contributed by atoms with Gasteiger partial charge in [0.1, 0.15) is 0 Å². The van der Waals surface area contributed by atoms with Crippen molar-refractivity contribution in [3.63, 3.8) is 0 Å². The second-order valence-electron chi connectivity index (χ2n) is 6.60. The van der Waals surface area contributed by atoms with Crippen LogP contribution in [0.5, 0.6) is 0 Å². The normalized spacial score (nSPS) is 20.4. The summed E-state index contributed by atoms with van der Waals surface area (Å²) in [5.41, 5.74) is 2.77. The number of likely N-dealkylation sites (tertiary alicyclic amines) is 1. The molecule has 0 saturated carbocycles. The number of nitrogens with zero attached hydrogens (tertiary/aromatic N) is 3. The predicted octanol–water partition coefficient (Wildman–Crippen LogP) is 2.69. The highest BCUT2D eigenvalue weighted by molar-refractivity contribution is 5.95. The number of amides is 1. The summed E-state index contributed by atoms with van der Waals surface area (Å²) in [5.74, 6) is -0.432. The molecular weight excluding hydrogens is 318 g/mol. The standard InChI is InChI=1S/C19H25N3O3/c1-3-25-19(24)16-5-4-11-21(13-16)18(23)15-6-8-17(9-7-15)22-12-10-14(2)20-22/h6-9,16H,3-5,10-13H2,1-2H3. The van der Waals surface area contributed by atoms with Crippen LogP contribution in [0.3, 0.4) is 0 Å². The van der Waals surface area contributed by atoms with E-state index >= 15 is 0 Å². The highest BCUT2D eigenvalue weighted by atomic mass is 16.5. The Bertz CT molecular complexity index is 669. The lowest BCUT2D eigenvalue weighted by atomic mass is 9.97. The van der Waals surface area contributed by atoms with Crippen LogP contribution in [0.15, 0.2) is 29.4 Å². The van der Waals surface area contributed by atoms with Crippen molar-refractivity contribution in [3.8, 4) is 0 Å². The Kier molecular flexibility index (Phi) is 5.36. The van der Waals surface area contributed by atoms with Gasteiger partial charge in [-0.25, -0.2) is 0 Å². The van der Waals surface area contributed by atoms with Crippen LogP contribution in [0, 0.1) is 5.92 Å². The van der Waals surface area contributed by atoms with Crippen molar-refractivity contribution >= 4 is 23.3 Å². The maximum atomic E-state index is 12.7. The van der Waals surface area contributed by atoms with Crippen LogP contribution in [0.4, 0.5) is 5.69 Å². The smallest absolute Gasteiger partial charge is 0.310 e. The van der Waals surface area contributed by atoms with Crippen molar-refractivity contribution in [3.05, 3.63) is 29.8 Å². The summed E-state index contributed by atoms with van der Waals surface area (Å²) in [6.45, 7) is 6.21. The van der Waals surface area contributed by atoms with Gasteiger partial charge in [-0.1, -0.05) is 0 Å². The van der Waals surface area contributed by atoms with Gasteiger partial charge in [-0.15, -0.1) is 0 Å². The van der Waals surface area contributed by atoms with Gasteiger partial charge >= 0.3 is 5.97 Å². The SMILES string of the molecule is CCOC(=O)C1CCCN(C(=O)c2ccc(N3CCC(C)=N3)cc2)C1. The first-order chi connectivity index (χ1) is 12.1. The van der Waals surface area contributed by atoms with E-state index in [0.29, 0.717) is 25.3 Å². The third-order valence-corrected chi connectivity index (χ3v) is 4.72. The Morgan fingerprint density at radius 3 is 2.64 bits per heavy atom. The molecule has 0 N–H and O–H groups in total. The molecule has 0 aliphatic carbocycles. The molecule has 1 aromatic carbocycles. The van der Waals surface area contributed by atoms with Gasteiger partial charge in [0.15, 0.2) is 0 Å². The summed E-state index contributed by atoms with van der Waals surface area (Å²) in [4.78, 5) is 26.4. The minimum absolute atomic E-state index is 0.0262. The Morgan fingerprint density at radius 2 is 2.00 bits per heavy atom. The third-order valence-electron chi connectivity index (χ3n) is 4.72. The number of hydrogen-bond donors (Lipinski definition) is 0. The van der Waals surface area contributed by atoms with Crippen LogP contribution >= 0.6 is 0 Å². The average Bonchev–Trinajstić information content (AvgIpc) is 3.08. The molecule has 3 rings (SSSR count). The highest BCUT2D eigenvalue weighted by Gasteiger charge is 2.29. The van der Waals surface area contributed by atoms with Gasteiger partial charge in [0.05, 0.1) is 18.2 Å². The molecule has 0 radical (unpaired) electrons. The van der Waals surface area contributed by atoms with E-state index in [0.717, 1.165) is 37.2 Å². The topological polar surface area (TPSA) is 62.2 Å². The number of carbonyl (C=O) groups excluding carboxylic acids is 2. The first-order valence-corrected chi connectivity index (χ1v) is 8.96. The van der Waals surface area contributed by atoms with Crippen LogP contribution in [-0.2, 0) is 9.53 Å². The molecular formula is C19H25N3O3. The summed E-state index contributed by atoms with van der Waals surface area (Å²) in [5, 5.41) is 6.43. The molecule has 2 heterocycles. The minimum atomic E-state index is -0.209. The van der Waals surface area contributed by atoms with Crippen molar-refractivity contribution in [2.75, 3.05) is 31.3 Å². The zero-order chi connectivity index (χ0) is 17.8. The molecule has 6 nitrogen and oxygen atoms in total. The number of rotatable bonds is 4. The van der Waals surface area contributed by atoms with Crippen LogP contribution in [0.2, 0.25) is 0 Å². The van der Waals surface area contributed by atoms with Crippen molar-refractivity contribution in [1.82, 2.24) is 4.90 Å². The zero-order valence-corrected chi connectivity index (χ0v) is 14.9. The lowest BCUT2D eigenvalue weighted by Crippen LogP contribution is -2.42. The Hall–Kier alpha value is -2.37. The van der Waals surface area contributed by atoms with Crippen LogP contribution in [0.25, 0.3) is 0 Å². The van der Waals surface area contributed by atoms with E-state index in [1.807, 2.05) is 36.2 Å². The number of anilines is 1. The second kappa shape index (κ2) is 7.68. The van der Waals surface area contributed by atoms with Gasteiger partial charge in [0.2, 0.25) is 0 Å². The van der Waals surface area contributed by atoms with Crippen LogP contribution < -0.4 is 5.01 Å². The van der Waals surface area contributed by atoms with E-state index in [9.17, 15) is 9.59 Å². The largest absolute Gasteiger partial charge is 0.466 e. The summed E-state index contributed by atoms with van der Waals surface area (Å²) in [6, 6.07) is 7.55. The number of carbonyl (C=O) groups is 2. The summed E-state index contributed by atoms with van der Waals surface area (Å²) in [7, 11) is 0. The molecule has 1 saturated heterocycles. The summed E-state index contributed by atoms with van der Waals surface area (Å²) < 4.78 is 5.10. The molecule has 1 aromatic rings. The van der Waals surface area contributed by atoms with E-state index in [1.54, 1.807) is 11.8 Å². The third kappa shape index (κ3) is 4.00.